The number of hydrogen-bond donors (Lipinski definition) is 9. The second kappa shape index (κ2) is 12.3. The van der Waals surface area contributed by atoms with Crippen molar-refractivity contribution in [3.05, 3.63) is 52.2 Å². The Morgan fingerprint density at radius 2 is 1.44 bits per heavy atom. The maximum Gasteiger partial charge on any atom is 0.197 e. The van der Waals surface area contributed by atoms with E-state index in [1.54, 1.807) is 24.3 Å². The van der Waals surface area contributed by atoms with Crippen molar-refractivity contribution in [2.24, 2.45) is 0 Å². The van der Waals surface area contributed by atoms with Crippen molar-refractivity contribution < 1.29 is 69.3 Å². The molecule has 0 aliphatic carbocycles. The van der Waals surface area contributed by atoms with Gasteiger partial charge in [-0.05, 0) is 24.3 Å². The fourth-order valence-electron chi connectivity index (χ4n) is 5.29. The first-order chi connectivity index (χ1) is 20.5. The molecule has 0 radical (unpaired) electrons. The highest BCUT2D eigenvalue weighted by atomic mass is 16.7. The molecular weight excluding hydrogens is 576 g/mol. The summed E-state index contributed by atoms with van der Waals surface area (Å²) in [4.78, 5) is 13.2. The molecule has 2 aliphatic heterocycles. The molecule has 15 heteroatoms. The lowest BCUT2D eigenvalue weighted by Gasteiger charge is -2.46. The van der Waals surface area contributed by atoms with Crippen LogP contribution in [0.25, 0.3) is 22.3 Å². The number of aliphatic hydroxyl groups excluding tert-OH is 7. The van der Waals surface area contributed by atoms with Gasteiger partial charge in [-0.2, -0.15) is 0 Å². The number of ether oxygens (including phenoxy) is 4. The fourth-order valence-corrected chi connectivity index (χ4v) is 5.29. The van der Waals surface area contributed by atoms with Crippen LogP contribution in [0.4, 0.5) is 0 Å². The Balaban J connectivity index is 1.57. The highest BCUT2D eigenvalue weighted by molar-refractivity contribution is 5.88. The zero-order valence-electron chi connectivity index (χ0n) is 22.6. The van der Waals surface area contributed by atoms with Crippen molar-refractivity contribution in [3.8, 4) is 28.6 Å². The van der Waals surface area contributed by atoms with Gasteiger partial charge in [-0.15, -0.1) is 0 Å². The van der Waals surface area contributed by atoms with Gasteiger partial charge in [-0.1, -0.05) is 0 Å². The minimum absolute atomic E-state index is 0.114. The topological polar surface area (TPSA) is 249 Å². The number of phenols is 2. The monoisotopic (exact) mass is 608 g/mol. The molecule has 0 saturated carbocycles. The van der Waals surface area contributed by atoms with E-state index < -0.39 is 96.9 Å². The van der Waals surface area contributed by atoms with Crippen LogP contribution in [0.2, 0.25) is 0 Å². The van der Waals surface area contributed by atoms with E-state index in [0.29, 0.717) is 11.3 Å². The molecule has 0 unspecified atom stereocenters. The van der Waals surface area contributed by atoms with Gasteiger partial charge in [-0.25, -0.2) is 0 Å². The number of aromatic hydroxyl groups is 2. The smallest absolute Gasteiger partial charge is 0.197 e. The highest BCUT2D eigenvalue weighted by Gasteiger charge is 2.52. The molecule has 0 spiro atoms. The maximum absolute atomic E-state index is 13.2. The molecule has 43 heavy (non-hydrogen) atoms. The SMILES string of the molecule is COc1ccc(-c2cc(=O)c3c(O)c([C@@H]4O[C@H](CO)[C@@H](O)[C@H](O)[C@H]4O[C@@H]4O[C@H](CO)[C@@H](O)[C@H](O)[C@H]4O)c(O)cc3o2)cc1. The zero-order chi connectivity index (χ0) is 31.2. The van der Waals surface area contributed by atoms with Gasteiger partial charge in [0.1, 0.15) is 88.9 Å². The first-order valence-corrected chi connectivity index (χ1v) is 13.3. The zero-order valence-corrected chi connectivity index (χ0v) is 22.6. The lowest BCUT2D eigenvalue weighted by molar-refractivity contribution is -0.342. The standard InChI is InChI=1S/C28H32O15/c1-39-11-4-2-10(3-5-11)14-6-12(31)18-15(40-14)7-13(32)19(22(18)35)26-27(24(37)21(34)16(8-29)41-26)43-28-25(38)23(36)20(33)17(9-30)42-28/h2-7,16-17,20-21,23-30,32-38H,8-9H2,1H3/t16-,17-,20-,21-,23+,24+,25-,26+,27-,28+/m1/s1. The molecule has 10 atom stereocenters. The van der Waals surface area contributed by atoms with Crippen LogP contribution in [0.5, 0.6) is 17.2 Å². The summed E-state index contributed by atoms with van der Waals surface area (Å²) in [5.41, 5.74) is -0.920. The Labute approximate surface area is 242 Å². The summed E-state index contributed by atoms with van der Waals surface area (Å²) >= 11 is 0. The number of phenolic OH excluding ortho intramolecular Hbond substituents is 2. The molecule has 2 saturated heterocycles. The second-order valence-corrected chi connectivity index (χ2v) is 10.3. The van der Waals surface area contributed by atoms with E-state index in [1.165, 1.54) is 7.11 Å². The summed E-state index contributed by atoms with van der Waals surface area (Å²) < 4.78 is 27.7. The molecule has 9 N–H and O–H groups in total. The summed E-state index contributed by atoms with van der Waals surface area (Å²) in [7, 11) is 1.49. The predicted molar refractivity (Wildman–Crippen MR) is 143 cm³/mol. The quantitative estimate of drug-likeness (QED) is 0.144. The van der Waals surface area contributed by atoms with Crippen LogP contribution < -0.4 is 10.2 Å². The van der Waals surface area contributed by atoms with Gasteiger partial charge in [-0.3, -0.25) is 4.79 Å². The van der Waals surface area contributed by atoms with Crippen LogP contribution >= 0.6 is 0 Å². The predicted octanol–water partition coefficient (Wildman–Crippen LogP) is -1.78. The molecule has 3 heterocycles. The van der Waals surface area contributed by atoms with Crippen LogP contribution in [0.15, 0.2) is 45.6 Å². The van der Waals surface area contributed by atoms with Gasteiger partial charge >= 0.3 is 0 Å². The third-order valence-corrected chi connectivity index (χ3v) is 7.68. The average Bonchev–Trinajstić information content (AvgIpc) is 2.99. The summed E-state index contributed by atoms with van der Waals surface area (Å²) in [5, 5.41) is 93.4. The van der Waals surface area contributed by atoms with Gasteiger partial charge in [0.15, 0.2) is 11.7 Å². The third-order valence-electron chi connectivity index (χ3n) is 7.68. The Bertz CT molecular complexity index is 1490. The molecule has 2 aromatic carbocycles. The van der Waals surface area contributed by atoms with E-state index >= 15 is 0 Å². The lowest BCUT2D eigenvalue weighted by Crippen LogP contribution is -2.62. The minimum atomic E-state index is -1.92. The molecule has 1 aromatic heterocycles. The van der Waals surface area contributed by atoms with E-state index in [-0.39, 0.29) is 16.7 Å². The summed E-state index contributed by atoms with van der Waals surface area (Å²) in [6.45, 7) is -1.60. The van der Waals surface area contributed by atoms with E-state index in [2.05, 4.69) is 0 Å². The number of benzene rings is 2. The summed E-state index contributed by atoms with van der Waals surface area (Å²) in [6, 6.07) is 8.70. The van der Waals surface area contributed by atoms with Crippen molar-refractivity contribution >= 4 is 11.0 Å². The van der Waals surface area contributed by atoms with Crippen molar-refractivity contribution in [3.63, 3.8) is 0 Å². The van der Waals surface area contributed by atoms with Gasteiger partial charge < -0.3 is 69.3 Å². The van der Waals surface area contributed by atoms with Crippen LogP contribution in [-0.2, 0) is 14.2 Å². The molecule has 2 fully saturated rings. The molecule has 5 rings (SSSR count). The number of rotatable bonds is 7. The van der Waals surface area contributed by atoms with Crippen LogP contribution in [-0.4, -0.2) is 121 Å². The Morgan fingerprint density at radius 3 is 2.07 bits per heavy atom. The Kier molecular flexibility index (Phi) is 8.92. The van der Waals surface area contributed by atoms with Gasteiger partial charge in [0.2, 0.25) is 0 Å². The molecule has 2 aliphatic rings. The van der Waals surface area contributed by atoms with Crippen LogP contribution in [0.1, 0.15) is 11.7 Å². The summed E-state index contributed by atoms with van der Waals surface area (Å²) in [5.74, 6) is -0.831. The van der Waals surface area contributed by atoms with E-state index in [1.807, 2.05) is 0 Å². The summed E-state index contributed by atoms with van der Waals surface area (Å²) in [6.07, 6.45) is -17.3. The normalized spacial score (nSPS) is 33.0. The van der Waals surface area contributed by atoms with Crippen molar-refractivity contribution in [1.82, 2.24) is 0 Å². The lowest BCUT2D eigenvalue weighted by atomic mass is 9.89. The number of methoxy groups -OCH3 is 1. The van der Waals surface area contributed by atoms with E-state index in [0.717, 1.165) is 12.1 Å². The molecule has 0 amide bonds. The van der Waals surface area contributed by atoms with Gasteiger partial charge in [0.25, 0.3) is 0 Å². The molecule has 234 valence electrons. The van der Waals surface area contributed by atoms with Gasteiger partial charge in [0, 0.05) is 17.7 Å². The van der Waals surface area contributed by atoms with E-state index in [4.69, 9.17) is 23.4 Å². The minimum Gasteiger partial charge on any atom is -0.507 e. The first-order valence-electron chi connectivity index (χ1n) is 13.3. The first kappa shape index (κ1) is 31.1. The Morgan fingerprint density at radius 1 is 0.814 bits per heavy atom. The van der Waals surface area contributed by atoms with Crippen LogP contribution in [0.3, 0.4) is 0 Å². The third kappa shape index (κ3) is 5.56. The second-order valence-electron chi connectivity index (χ2n) is 10.3. The van der Waals surface area contributed by atoms with Gasteiger partial charge in [0.05, 0.1) is 25.9 Å². The van der Waals surface area contributed by atoms with Crippen molar-refractivity contribution in [2.45, 2.75) is 61.2 Å². The van der Waals surface area contributed by atoms with Crippen molar-refractivity contribution in [1.29, 1.82) is 0 Å². The fraction of sp³-hybridized carbons (Fsp3) is 0.464. The number of aliphatic hydroxyl groups is 7. The Hall–Kier alpha value is -3.35. The van der Waals surface area contributed by atoms with Crippen molar-refractivity contribution in [2.75, 3.05) is 20.3 Å². The average molecular weight is 609 g/mol. The molecule has 0 bridgehead atoms. The molecule has 15 nitrogen and oxygen atoms in total. The number of hydrogen-bond acceptors (Lipinski definition) is 15. The maximum atomic E-state index is 13.2. The van der Waals surface area contributed by atoms with Crippen LogP contribution in [0, 0.1) is 0 Å². The molecule has 3 aromatic rings. The number of fused-ring (bicyclic) bond motifs is 1. The highest BCUT2D eigenvalue weighted by Crippen LogP contribution is 2.46. The van der Waals surface area contributed by atoms with E-state index in [9.17, 15) is 50.8 Å². The molecular formula is C28H32O15. The largest absolute Gasteiger partial charge is 0.507 e.